The van der Waals surface area contributed by atoms with Gasteiger partial charge in [0.15, 0.2) is 0 Å². The lowest BCUT2D eigenvalue weighted by Gasteiger charge is -1.98. The smallest absolute Gasteiger partial charge is 0.213 e. The number of aromatic nitrogens is 3. The van der Waals surface area contributed by atoms with Gasteiger partial charge in [0.1, 0.15) is 5.82 Å². The number of H-pyrrole nitrogens is 1. The highest BCUT2D eigenvalue weighted by Crippen LogP contribution is 2.24. The van der Waals surface area contributed by atoms with E-state index in [4.69, 9.17) is 5.73 Å². The Kier molecular flexibility index (Phi) is 3.03. The van der Waals surface area contributed by atoms with Crippen molar-refractivity contribution in [2.75, 3.05) is 0 Å². The molecule has 0 atom stereocenters. The van der Waals surface area contributed by atoms with Crippen LogP contribution in [0.2, 0.25) is 0 Å². The zero-order valence-electron chi connectivity index (χ0n) is 8.40. The molecule has 4 nitrogen and oxygen atoms in total. The van der Waals surface area contributed by atoms with Crippen molar-refractivity contribution >= 4 is 11.8 Å². The summed E-state index contributed by atoms with van der Waals surface area (Å²) >= 11 is 1.53. The van der Waals surface area contributed by atoms with Gasteiger partial charge in [0.25, 0.3) is 0 Å². The average Bonchev–Trinajstić information content (AvgIpc) is 2.65. The molecular formula is C10H12N4S. The molecule has 1 aromatic heterocycles. The summed E-state index contributed by atoms with van der Waals surface area (Å²) in [5.41, 5.74) is 6.65. The lowest BCUT2D eigenvalue weighted by Crippen LogP contribution is -1.94. The predicted molar refractivity (Wildman–Crippen MR) is 59.6 cm³/mol. The fraction of sp³-hybridized carbons (Fsp3) is 0.200. The molecule has 2 aromatic rings. The normalized spacial score (nSPS) is 10.5. The number of hydrogen-bond donors (Lipinski definition) is 2. The minimum absolute atomic E-state index is 0.574. The standard InChI is InChI=1S/C10H12N4S/c1-7-12-10(14-13-7)15-9-4-2-8(6-11)3-5-9/h2-5H,6,11H2,1H3,(H,12,13,14). The summed E-state index contributed by atoms with van der Waals surface area (Å²) in [6.07, 6.45) is 0. The van der Waals surface area contributed by atoms with Crippen LogP contribution in [0.15, 0.2) is 34.3 Å². The van der Waals surface area contributed by atoms with E-state index in [0.29, 0.717) is 6.54 Å². The minimum atomic E-state index is 0.574. The van der Waals surface area contributed by atoms with Gasteiger partial charge < -0.3 is 5.73 Å². The van der Waals surface area contributed by atoms with Gasteiger partial charge in [-0.15, -0.1) is 5.10 Å². The molecule has 0 unspecified atom stereocenters. The molecule has 0 bridgehead atoms. The molecule has 78 valence electrons. The predicted octanol–water partition coefficient (Wildman–Crippen LogP) is 1.72. The van der Waals surface area contributed by atoms with Crippen molar-refractivity contribution in [2.24, 2.45) is 5.73 Å². The molecule has 5 heteroatoms. The minimum Gasteiger partial charge on any atom is -0.326 e. The van der Waals surface area contributed by atoms with Crippen LogP contribution in [0.5, 0.6) is 0 Å². The van der Waals surface area contributed by atoms with E-state index in [0.717, 1.165) is 21.4 Å². The first-order valence-corrected chi connectivity index (χ1v) is 5.45. The second-order valence-electron chi connectivity index (χ2n) is 3.15. The number of benzene rings is 1. The largest absolute Gasteiger partial charge is 0.326 e. The van der Waals surface area contributed by atoms with Gasteiger partial charge in [0.2, 0.25) is 5.16 Å². The van der Waals surface area contributed by atoms with Crippen molar-refractivity contribution in [1.29, 1.82) is 0 Å². The number of rotatable bonds is 3. The van der Waals surface area contributed by atoms with Crippen LogP contribution in [-0.2, 0) is 6.54 Å². The molecule has 0 aliphatic carbocycles. The number of nitrogens with one attached hydrogen (secondary N) is 1. The van der Waals surface area contributed by atoms with E-state index in [1.165, 1.54) is 11.8 Å². The Balaban J connectivity index is 2.11. The van der Waals surface area contributed by atoms with Gasteiger partial charge in [0, 0.05) is 11.4 Å². The van der Waals surface area contributed by atoms with Gasteiger partial charge in [-0.3, -0.25) is 5.10 Å². The summed E-state index contributed by atoms with van der Waals surface area (Å²) in [7, 11) is 0. The van der Waals surface area contributed by atoms with Gasteiger partial charge in [-0.2, -0.15) is 0 Å². The highest BCUT2D eigenvalue weighted by Gasteiger charge is 2.02. The Bertz CT molecular complexity index is 435. The van der Waals surface area contributed by atoms with Crippen LogP contribution in [0.3, 0.4) is 0 Å². The highest BCUT2D eigenvalue weighted by molar-refractivity contribution is 7.99. The number of nitrogens with zero attached hydrogens (tertiary/aromatic N) is 2. The third-order valence-corrected chi connectivity index (χ3v) is 2.82. The summed E-state index contributed by atoms with van der Waals surface area (Å²) < 4.78 is 0. The van der Waals surface area contributed by atoms with E-state index < -0.39 is 0 Å². The van der Waals surface area contributed by atoms with Crippen LogP contribution in [0.1, 0.15) is 11.4 Å². The second-order valence-corrected chi connectivity index (χ2v) is 4.19. The maximum Gasteiger partial charge on any atom is 0.213 e. The fourth-order valence-electron chi connectivity index (χ4n) is 1.17. The third kappa shape index (κ3) is 2.57. The Morgan fingerprint density at radius 1 is 1.33 bits per heavy atom. The molecule has 0 saturated carbocycles. The molecule has 0 aliphatic rings. The van der Waals surface area contributed by atoms with Gasteiger partial charge in [-0.1, -0.05) is 12.1 Å². The van der Waals surface area contributed by atoms with Gasteiger partial charge in [-0.05, 0) is 36.4 Å². The number of nitrogens with two attached hydrogens (primary N) is 1. The Labute approximate surface area is 92.3 Å². The topological polar surface area (TPSA) is 67.6 Å². The Morgan fingerprint density at radius 3 is 2.60 bits per heavy atom. The summed E-state index contributed by atoms with van der Waals surface area (Å²) in [6, 6.07) is 8.08. The van der Waals surface area contributed by atoms with E-state index in [9.17, 15) is 0 Å². The van der Waals surface area contributed by atoms with Crippen LogP contribution in [0.4, 0.5) is 0 Å². The molecule has 3 N–H and O–H groups in total. The van der Waals surface area contributed by atoms with E-state index in [2.05, 4.69) is 15.2 Å². The first-order chi connectivity index (χ1) is 7.28. The number of aromatic amines is 1. The van der Waals surface area contributed by atoms with Crippen molar-refractivity contribution < 1.29 is 0 Å². The van der Waals surface area contributed by atoms with Crippen molar-refractivity contribution in [3.8, 4) is 0 Å². The Hall–Kier alpha value is -1.33. The van der Waals surface area contributed by atoms with Crippen LogP contribution >= 0.6 is 11.8 Å². The molecule has 0 spiro atoms. The highest BCUT2D eigenvalue weighted by atomic mass is 32.2. The van der Waals surface area contributed by atoms with E-state index in [-0.39, 0.29) is 0 Å². The maximum absolute atomic E-state index is 5.52. The van der Waals surface area contributed by atoms with Crippen molar-refractivity contribution in [1.82, 2.24) is 15.2 Å². The molecule has 0 amide bonds. The van der Waals surface area contributed by atoms with Crippen LogP contribution in [-0.4, -0.2) is 15.2 Å². The summed E-state index contributed by atoms with van der Waals surface area (Å²) in [5, 5.41) is 7.61. The van der Waals surface area contributed by atoms with E-state index in [1.54, 1.807) is 0 Å². The van der Waals surface area contributed by atoms with Crippen LogP contribution < -0.4 is 5.73 Å². The molecule has 1 aromatic carbocycles. The zero-order chi connectivity index (χ0) is 10.7. The third-order valence-electron chi connectivity index (χ3n) is 1.94. The first-order valence-electron chi connectivity index (χ1n) is 4.64. The first kappa shape index (κ1) is 10.2. The lowest BCUT2D eigenvalue weighted by atomic mass is 10.2. The van der Waals surface area contributed by atoms with Gasteiger partial charge in [0.05, 0.1) is 0 Å². The van der Waals surface area contributed by atoms with Crippen molar-refractivity contribution in [3.05, 3.63) is 35.7 Å². The van der Waals surface area contributed by atoms with Crippen molar-refractivity contribution in [3.63, 3.8) is 0 Å². The Morgan fingerprint density at radius 2 is 2.07 bits per heavy atom. The molecule has 2 rings (SSSR count). The molecule has 15 heavy (non-hydrogen) atoms. The zero-order valence-corrected chi connectivity index (χ0v) is 9.21. The number of hydrogen-bond acceptors (Lipinski definition) is 4. The monoisotopic (exact) mass is 220 g/mol. The van der Waals surface area contributed by atoms with Gasteiger partial charge in [-0.25, -0.2) is 4.98 Å². The quantitative estimate of drug-likeness (QED) is 0.826. The van der Waals surface area contributed by atoms with E-state index in [1.807, 2.05) is 31.2 Å². The fourth-order valence-corrected chi connectivity index (χ4v) is 1.92. The summed E-state index contributed by atoms with van der Waals surface area (Å²) in [6.45, 7) is 2.46. The summed E-state index contributed by atoms with van der Waals surface area (Å²) in [4.78, 5) is 5.34. The number of aryl methyl sites for hydroxylation is 1. The van der Waals surface area contributed by atoms with Crippen LogP contribution in [0, 0.1) is 6.92 Å². The second kappa shape index (κ2) is 4.46. The molecule has 0 radical (unpaired) electrons. The van der Waals surface area contributed by atoms with Gasteiger partial charge >= 0.3 is 0 Å². The summed E-state index contributed by atoms with van der Waals surface area (Å²) in [5.74, 6) is 0.830. The molecule has 0 aliphatic heterocycles. The maximum atomic E-state index is 5.52. The SMILES string of the molecule is Cc1nc(Sc2ccc(CN)cc2)n[nH]1. The molecule has 1 heterocycles. The lowest BCUT2D eigenvalue weighted by molar-refractivity contribution is 0.969. The molecule has 0 saturated heterocycles. The molecule has 0 fully saturated rings. The van der Waals surface area contributed by atoms with Crippen molar-refractivity contribution in [2.45, 2.75) is 23.5 Å². The van der Waals surface area contributed by atoms with E-state index >= 15 is 0 Å². The molecular weight excluding hydrogens is 208 g/mol. The van der Waals surface area contributed by atoms with Crippen LogP contribution in [0.25, 0.3) is 0 Å². The average molecular weight is 220 g/mol.